The van der Waals surface area contributed by atoms with Gasteiger partial charge in [-0.3, -0.25) is 0 Å². The number of benzene rings is 2. The summed E-state index contributed by atoms with van der Waals surface area (Å²) < 4.78 is 7.38. The number of aryl methyl sites for hydroxylation is 2. The Balaban J connectivity index is 2.10. The number of methoxy groups -OCH3 is 1. The quantitative estimate of drug-likeness (QED) is 0.677. The van der Waals surface area contributed by atoms with Crippen molar-refractivity contribution in [3.63, 3.8) is 0 Å². The second-order valence-corrected chi connectivity index (χ2v) is 6.86. The zero-order valence-corrected chi connectivity index (χ0v) is 16.7. The maximum absolute atomic E-state index is 5.50. The molecular formula is C21H27N5O. The molecule has 0 spiro atoms. The first-order valence-electron chi connectivity index (χ1n) is 9.33. The molecule has 0 fully saturated rings. The molecule has 0 saturated heterocycles. The third-order valence-corrected chi connectivity index (χ3v) is 5.10. The Morgan fingerprint density at radius 1 is 1.11 bits per heavy atom. The molecule has 1 aromatic heterocycles. The molecule has 0 aliphatic carbocycles. The fourth-order valence-electron chi connectivity index (χ4n) is 3.34. The Hall–Kier alpha value is -2.89. The van der Waals surface area contributed by atoms with E-state index in [1.165, 1.54) is 5.56 Å². The van der Waals surface area contributed by atoms with Gasteiger partial charge in [0.05, 0.1) is 24.0 Å². The molecule has 0 amide bonds. The zero-order valence-electron chi connectivity index (χ0n) is 16.7. The molecule has 0 radical (unpaired) electrons. The first kappa shape index (κ1) is 18.9. The zero-order chi connectivity index (χ0) is 19.4. The summed E-state index contributed by atoms with van der Waals surface area (Å²) in [6.07, 6.45) is 1.72. The molecule has 1 N–H and O–H groups in total. The molecule has 0 saturated carbocycles. The van der Waals surface area contributed by atoms with Crippen LogP contribution >= 0.6 is 0 Å². The number of nitrogens with one attached hydrogen (secondary N) is 1. The Labute approximate surface area is 160 Å². The van der Waals surface area contributed by atoms with Gasteiger partial charge in [0.1, 0.15) is 5.75 Å². The lowest BCUT2D eigenvalue weighted by atomic mass is 9.96. The normalized spacial score (nSPS) is 13.2. The number of aromatic nitrogens is 4. The topological polar surface area (TPSA) is 64.9 Å². The van der Waals surface area contributed by atoms with Crippen LogP contribution in [0.3, 0.4) is 0 Å². The van der Waals surface area contributed by atoms with Crippen LogP contribution < -0.4 is 10.1 Å². The highest BCUT2D eigenvalue weighted by atomic mass is 16.5. The fourth-order valence-corrected chi connectivity index (χ4v) is 3.34. The average Bonchev–Trinajstić information content (AvgIpc) is 3.18. The molecule has 0 unspecified atom stereocenters. The lowest BCUT2D eigenvalue weighted by Crippen LogP contribution is -2.35. The van der Waals surface area contributed by atoms with Crippen LogP contribution in [0.2, 0.25) is 0 Å². The third-order valence-electron chi connectivity index (χ3n) is 5.10. The number of tetrazole rings is 1. The number of hydrogen-bond donors (Lipinski definition) is 1. The van der Waals surface area contributed by atoms with Crippen LogP contribution in [0.25, 0.3) is 5.69 Å². The van der Waals surface area contributed by atoms with Crippen LogP contribution in [0.1, 0.15) is 44.1 Å². The Morgan fingerprint density at radius 2 is 1.89 bits per heavy atom. The Kier molecular flexibility index (Phi) is 5.44. The van der Waals surface area contributed by atoms with E-state index in [4.69, 9.17) is 4.74 Å². The molecule has 0 bridgehead atoms. The van der Waals surface area contributed by atoms with E-state index in [0.717, 1.165) is 41.4 Å². The molecule has 3 rings (SSSR count). The number of nitrogens with zero attached hydrogens (tertiary/aromatic N) is 4. The first-order valence-corrected chi connectivity index (χ1v) is 9.33. The lowest BCUT2D eigenvalue weighted by molar-refractivity contribution is 0.411. The van der Waals surface area contributed by atoms with Crippen molar-refractivity contribution in [3.05, 3.63) is 59.4 Å². The van der Waals surface area contributed by atoms with Crippen LogP contribution in [0, 0.1) is 6.92 Å². The van der Waals surface area contributed by atoms with E-state index >= 15 is 0 Å². The van der Waals surface area contributed by atoms with Gasteiger partial charge in [-0.2, -0.15) is 4.68 Å². The van der Waals surface area contributed by atoms with Crippen molar-refractivity contribution < 1.29 is 4.74 Å². The smallest absolute Gasteiger partial charge is 0.181 e. The van der Waals surface area contributed by atoms with Crippen molar-refractivity contribution in [1.82, 2.24) is 20.2 Å². The molecule has 3 aromatic rings. The summed E-state index contributed by atoms with van der Waals surface area (Å²) in [6.45, 7) is 8.48. The number of ether oxygens (including phenoxy) is 1. The SMILES string of the molecule is CCc1cccc(C)c1-n1nnnc1[C@@](C)(CC)Nc1ccccc1OC. The summed E-state index contributed by atoms with van der Waals surface area (Å²) in [4.78, 5) is 0. The third kappa shape index (κ3) is 3.52. The van der Waals surface area contributed by atoms with Crippen LogP contribution in [0.15, 0.2) is 42.5 Å². The van der Waals surface area contributed by atoms with Gasteiger partial charge in [-0.1, -0.05) is 44.2 Å². The van der Waals surface area contributed by atoms with E-state index in [2.05, 4.69) is 66.7 Å². The second kappa shape index (κ2) is 7.78. The molecule has 0 aliphatic rings. The van der Waals surface area contributed by atoms with Crippen LogP contribution in [0.5, 0.6) is 5.75 Å². The van der Waals surface area contributed by atoms with Gasteiger partial charge in [0.2, 0.25) is 0 Å². The van der Waals surface area contributed by atoms with Crippen molar-refractivity contribution >= 4 is 5.69 Å². The van der Waals surface area contributed by atoms with Gasteiger partial charge in [0.25, 0.3) is 0 Å². The molecular weight excluding hydrogens is 338 g/mol. The molecule has 1 heterocycles. The second-order valence-electron chi connectivity index (χ2n) is 6.86. The molecule has 6 heteroatoms. The predicted molar refractivity (Wildman–Crippen MR) is 108 cm³/mol. The highest BCUT2D eigenvalue weighted by Gasteiger charge is 2.33. The first-order chi connectivity index (χ1) is 13.0. The van der Waals surface area contributed by atoms with Crippen molar-refractivity contribution in [1.29, 1.82) is 0 Å². The van der Waals surface area contributed by atoms with Gasteiger partial charge >= 0.3 is 0 Å². The Bertz CT molecular complexity index is 920. The van der Waals surface area contributed by atoms with Gasteiger partial charge in [-0.25, -0.2) is 0 Å². The van der Waals surface area contributed by atoms with E-state index in [1.807, 2.05) is 28.9 Å². The number of anilines is 1. The van der Waals surface area contributed by atoms with Crippen LogP contribution in [0.4, 0.5) is 5.69 Å². The summed E-state index contributed by atoms with van der Waals surface area (Å²) in [5.41, 5.74) is 3.88. The van der Waals surface area contributed by atoms with Crippen molar-refractivity contribution in [2.75, 3.05) is 12.4 Å². The van der Waals surface area contributed by atoms with Crippen molar-refractivity contribution in [3.8, 4) is 11.4 Å². The molecule has 27 heavy (non-hydrogen) atoms. The minimum Gasteiger partial charge on any atom is -0.495 e. The lowest BCUT2D eigenvalue weighted by Gasteiger charge is -2.30. The summed E-state index contributed by atoms with van der Waals surface area (Å²) in [7, 11) is 1.68. The average molecular weight is 365 g/mol. The summed E-state index contributed by atoms with van der Waals surface area (Å²) in [5, 5.41) is 16.4. The molecule has 0 aliphatic heterocycles. The molecule has 6 nitrogen and oxygen atoms in total. The standard InChI is InChI=1S/C21H27N5O/c1-6-16-12-10-11-15(3)19(16)26-20(23-24-25-26)21(4,7-2)22-17-13-8-9-14-18(17)27-5/h8-14,22H,6-7H2,1-5H3/t21-/m1/s1. The molecule has 2 aromatic carbocycles. The number of rotatable bonds is 7. The fraction of sp³-hybridized carbons (Fsp3) is 0.381. The van der Waals surface area contributed by atoms with E-state index in [0.29, 0.717) is 0 Å². The minimum absolute atomic E-state index is 0.467. The number of hydrogen-bond acceptors (Lipinski definition) is 5. The van der Waals surface area contributed by atoms with Crippen LogP contribution in [-0.2, 0) is 12.0 Å². The maximum Gasteiger partial charge on any atom is 0.181 e. The van der Waals surface area contributed by atoms with Gasteiger partial charge in [0, 0.05) is 0 Å². The van der Waals surface area contributed by atoms with Gasteiger partial charge in [-0.15, -0.1) is 5.10 Å². The Morgan fingerprint density at radius 3 is 2.59 bits per heavy atom. The van der Waals surface area contributed by atoms with E-state index in [9.17, 15) is 0 Å². The number of para-hydroxylation sites is 3. The predicted octanol–water partition coefficient (Wildman–Crippen LogP) is 4.28. The maximum atomic E-state index is 5.50. The minimum atomic E-state index is -0.467. The highest BCUT2D eigenvalue weighted by molar-refractivity contribution is 5.58. The van der Waals surface area contributed by atoms with Gasteiger partial charge in [-0.05, 0) is 60.4 Å². The highest BCUT2D eigenvalue weighted by Crippen LogP contribution is 2.34. The van der Waals surface area contributed by atoms with Crippen molar-refractivity contribution in [2.45, 2.75) is 46.1 Å². The summed E-state index contributed by atoms with van der Waals surface area (Å²) >= 11 is 0. The van der Waals surface area contributed by atoms with E-state index in [1.54, 1.807) is 7.11 Å². The van der Waals surface area contributed by atoms with Gasteiger partial charge < -0.3 is 10.1 Å². The van der Waals surface area contributed by atoms with Gasteiger partial charge in [0.15, 0.2) is 5.82 Å². The molecule has 142 valence electrons. The summed E-state index contributed by atoms with van der Waals surface area (Å²) in [5.74, 6) is 1.57. The summed E-state index contributed by atoms with van der Waals surface area (Å²) in [6, 6.07) is 14.2. The van der Waals surface area contributed by atoms with E-state index in [-0.39, 0.29) is 0 Å². The van der Waals surface area contributed by atoms with Crippen molar-refractivity contribution in [2.24, 2.45) is 0 Å². The molecule has 1 atom stereocenters. The van der Waals surface area contributed by atoms with E-state index < -0.39 is 5.54 Å². The monoisotopic (exact) mass is 365 g/mol. The van der Waals surface area contributed by atoms with Crippen LogP contribution in [-0.4, -0.2) is 27.3 Å². The largest absolute Gasteiger partial charge is 0.495 e.